The average molecular weight is 309 g/mol. The van der Waals surface area contributed by atoms with Crippen LogP contribution in [0.15, 0.2) is 60.8 Å². The van der Waals surface area contributed by atoms with E-state index in [1.165, 1.54) is 12.1 Å². The van der Waals surface area contributed by atoms with Crippen LogP contribution in [0.25, 0.3) is 21.8 Å². The fourth-order valence-corrected chi connectivity index (χ4v) is 2.61. The Hall–Kier alpha value is -2.95. The third-order valence-corrected chi connectivity index (χ3v) is 3.80. The highest BCUT2D eigenvalue weighted by Crippen LogP contribution is 2.25. The van der Waals surface area contributed by atoms with Crippen molar-refractivity contribution in [3.8, 4) is 0 Å². The number of nitrogens with zero attached hydrogens (tertiary/aromatic N) is 1. The summed E-state index contributed by atoms with van der Waals surface area (Å²) in [7, 11) is 0. The quantitative estimate of drug-likeness (QED) is 0.532. The molecule has 0 spiro atoms. The van der Waals surface area contributed by atoms with Gasteiger partial charge in [0, 0.05) is 28.4 Å². The smallest absolute Gasteiger partial charge is 0.263 e. The number of fused-ring (bicyclic) bond motifs is 2. The van der Waals surface area contributed by atoms with Crippen LogP contribution < -0.4 is 5.32 Å². The van der Waals surface area contributed by atoms with Crippen LogP contribution in [-0.2, 0) is 0 Å². The summed E-state index contributed by atoms with van der Waals surface area (Å²) >= 11 is 0. The number of H-pyrrole nitrogens is 1. The van der Waals surface area contributed by atoms with Gasteiger partial charge in [0.2, 0.25) is 0 Å². The zero-order valence-corrected chi connectivity index (χ0v) is 12.1. The van der Waals surface area contributed by atoms with Crippen LogP contribution in [0.2, 0.25) is 0 Å². The van der Waals surface area contributed by atoms with E-state index >= 15 is 0 Å². The lowest BCUT2D eigenvalue weighted by Crippen LogP contribution is -1.94. The molecule has 0 saturated heterocycles. The van der Waals surface area contributed by atoms with E-state index < -0.39 is 6.43 Å². The molecule has 0 bridgehead atoms. The predicted molar refractivity (Wildman–Crippen MR) is 88.3 cm³/mol. The molecule has 23 heavy (non-hydrogen) atoms. The summed E-state index contributed by atoms with van der Waals surface area (Å²) in [5, 5.41) is 5.17. The Morgan fingerprint density at radius 2 is 1.74 bits per heavy atom. The SMILES string of the molecule is FC(F)c1ccc2ccc(Nc3ccc4cc[nH]c4c3)nc2c1. The molecule has 0 radical (unpaired) electrons. The number of benzene rings is 2. The van der Waals surface area contributed by atoms with Crippen LogP contribution in [-0.4, -0.2) is 9.97 Å². The van der Waals surface area contributed by atoms with E-state index in [-0.39, 0.29) is 5.56 Å². The van der Waals surface area contributed by atoms with Crippen LogP contribution in [0.1, 0.15) is 12.0 Å². The van der Waals surface area contributed by atoms with Crippen molar-refractivity contribution >= 4 is 33.3 Å². The molecule has 2 heterocycles. The highest BCUT2D eigenvalue weighted by molar-refractivity contribution is 5.85. The molecule has 0 aliphatic carbocycles. The third-order valence-electron chi connectivity index (χ3n) is 3.80. The molecule has 0 saturated carbocycles. The van der Waals surface area contributed by atoms with Gasteiger partial charge in [0.05, 0.1) is 5.52 Å². The molecule has 5 heteroatoms. The first kappa shape index (κ1) is 13.7. The Kier molecular flexibility index (Phi) is 3.19. The molecule has 0 aliphatic rings. The summed E-state index contributed by atoms with van der Waals surface area (Å²) in [6.07, 6.45) is -0.609. The molecular weight excluding hydrogens is 296 g/mol. The summed E-state index contributed by atoms with van der Waals surface area (Å²) in [5.74, 6) is 0.620. The van der Waals surface area contributed by atoms with E-state index in [2.05, 4.69) is 15.3 Å². The van der Waals surface area contributed by atoms with Crippen LogP contribution in [0.3, 0.4) is 0 Å². The van der Waals surface area contributed by atoms with Crippen LogP contribution in [0, 0.1) is 0 Å². The maximum atomic E-state index is 12.8. The minimum atomic E-state index is -2.49. The standard InChI is InChI=1S/C18H13F2N3/c19-18(20)13-2-1-11-4-6-17(23-16(11)9-13)22-14-5-3-12-7-8-21-15(12)10-14/h1-10,18,21H,(H,22,23). The molecule has 2 aromatic heterocycles. The first-order chi connectivity index (χ1) is 11.2. The van der Waals surface area contributed by atoms with Crippen LogP contribution in [0.4, 0.5) is 20.3 Å². The predicted octanol–water partition coefficient (Wildman–Crippen LogP) is 5.40. The zero-order valence-electron chi connectivity index (χ0n) is 12.1. The molecule has 3 nitrogen and oxygen atoms in total. The van der Waals surface area contributed by atoms with E-state index in [0.717, 1.165) is 22.0 Å². The van der Waals surface area contributed by atoms with Crippen molar-refractivity contribution < 1.29 is 8.78 Å². The third kappa shape index (κ3) is 2.61. The summed E-state index contributed by atoms with van der Waals surface area (Å²) in [5.41, 5.74) is 2.44. The lowest BCUT2D eigenvalue weighted by atomic mass is 10.1. The maximum absolute atomic E-state index is 12.8. The molecule has 0 unspecified atom stereocenters. The highest BCUT2D eigenvalue weighted by atomic mass is 19.3. The Balaban J connectivity index is 1.70. The second-order valence-corrected chi connectivity index (χ2v) is 5.35. The van der Waals surface area contributed by atoms with Gasteiger partial charge >= 0.3 is 0 Å². The maximum Gasteiger partial charge on any atom is 0.263 e. The molecule has 4 aromatic rings. The molecule has 2 N–H and O–H groups in total. The molecular formula is C18H13F2N3. The van der Waals surface area contributed by atoms with Crippen molar-refractivity contribution in [2.24, 2.45) is 0 Å². The fraction of sp³-hybridized carbons (Fsp3) is 0.0556. The first-order valence-electron chi connectivity index (χ1n) is 7.22. The lowest BCUT2D eigenvalue weighted by molar-refractivity contribution is 0.151. The van der Waals surface area contributed by atoms with Gasteiger partial charge in [-0.2, -0.15) is 0 Å². The van der Waals surface area contributed by atoms with E-state index in [0.29, 0.717) is 11.3 Å². The zero-order chi connectivity index (χ0) is 15.8. The Morgan fingerprint density at radius 3 is 2.61 bits per heavy atom. The van der Waals surface area contributed by atoms with Gasteiger partial charge in [-0.3, -0.25) is 0 Å². The van der Waals surface area contributed by atoms with Gasteiger partial charge in [-0.1, -0.05) is 18.2 Å². The number of hydrogen-bond donors (Lipinski definition) is 2. The number of halogens is 2. The molecule has 114 valence electrons. The van der Waals surface area contributed by atoms with Crippen LogP contribution in [0.5, 0.6) is 0 Å². The number of hydrogen-bond acceptors (Lipinski definition) is 2. The topological polar surface area (TPSA) is 40.7 Å². The van der Waals surface area contributed by atoms with Gasteiger partial charge in [0.15, 0.2) is 0 Å². The summed E-state index contributed by atoms with van der Waals surface area (Å²) in [4.78, 5) is 7.58. The number of aromatic nitrogens is 2. The van der Waals surface area contributed by atoms with Crippen molar-refractivity contribution in [1.82, 2.24) is 9.97 Å². The van der Waals surface area contributed by atoms with Crippen molar-refractivity contribution in [3.05, 3.63) is 66.4 Å². The first-order valence-corrected chi connectivity index (χ1v) is 7.22. The van der Waals surface area contributed by atoms with Gasteiger partial charge < -0.3 is 10.3 Å². The molecule has 0 atom stereocenters. The van der Waals surface area contributed by atoms with Crippen molar-refractivity contribution in [2.75, 3.05) is 5.32 Å². The molecule has 0 fully saturated rings. The van der Waals surface area contributed by atoms with E-state index in [4.69, 9.17) is 0 Å². The Bertz CT molecular complexity index is 992. The second-order valence-electron chi connectivity index (χ2n) is 5.35. The monoisotopic (exact) mass is 309 g/mol. The minimum Gasteiger partial charge on any atom is -0.361 e. The molecule has 0 aliphatic heterocycles. The van der Waals surface area contributed by atoms with Gasteiger partial charge in [0.25, 0.3) is 6.43 Å². The molecule has 0 amide bonds. The number of nitrogens with one attached hydrogen (secondary N) is 2. The number of rotatable bonds is 3. The van der Waals surface area contributed by atoms with Crippen LogP contribution >= 0.6 is 0 Å². The Labute approximate surface area is 131 Å². The van der Waals surface area contributed by atoms with Crippen molar-refractivity contribution in [2.45, 2.75) is 6.43 Å². The van der Waals surface area contributed by atoms with Gasteiger partial charge in [0.1, 0.15) is 5.82 Å². The highest BCUT2D eigenvalue weighted by Gasteiger charge is 2.08. The molecule has 4 rings (SSSR count). The largest absolute Gasteiger partial charge is 0.361 e. The number of alkyl halides is 2. The summed E-state index contributed by atoms with van der Waals surface area (Å²) in [6.45, 7) is 0. The second kappa shape index (κ2) is 5.35. The van der Waals surface area contributed by atoms with E-state index in [1.54, 1.807) is 6.07 Å². The van der Waals surface area contributed by atoms with Crippen molar-refractivity contribution in [3.63, 3.8) is 0 Å². The van der Waals surface area contributed by atoms with E-state index in [9.17, 15) is 8.78 Å². The minimum absolute atomic E-state index is 0.0186. The number of anilines is 2. The van der Waals surface area contributed by atoms with Crippen molar-refractivity contribution in [1.29, 1.82) is 0 Å². The number of pyridine rings is 1. The lowest BCUT2D eigenvalue weighted by Gasteiger charge is -2.08. The summed E-state index contributed by atoms with van der Waals surface area (Å²) < 4.78 is 25.6. The van der Waals surface area contributed by atoms with E-state index in [1.807, 2.05) is 42.6 Å². The molecule has 2 aromatic carbocycles. The van der Waals surface area contributed by atoms with Gasteiger partial charge in [-0.15, -0.1) is 0 Å². The summed E-state index contributed by atoms with van der Waals surface area (Å²) in [6, 6.07) is 16.2. The normalized spacial score (nSPS) is 11.4. The average Bonchev–Trinajstić information content (AvgIpc) is 3.02. The fourth-order valence-electron chi connectivity index (χ4n) is 2.61. The Morgan fingerprint density at radius 1 is 0.913 bits per heavy atom. The van der Waals surface area contributed by atoms with Gasteiger partial charge in [-0.05, 0) is 41.8 Å². The number of aromatic amines is 1. The van der Waals surface area contributed by atoms with Gasteiger partial charge in [-0.25, -0.2) is 13.8 Å².